The van der Waals surface area contributed by atoms with E-state index in [9.17, 15) is 4.79 Å². The number of benzene rings is 1. The summed E-state index contributed by atoms with van der Waals surface area (Å²) in [6, 6.07) is 11.9. The number of anilines is 2. The number of ether oxygens (including phenoxy) is 1. The van der Waals surface area contributed by atoms with Gasteiger partial charge in [-0.2, -0.15) is 11.8 Å². The number of nitrogens with zero attached hydrogens (tertiary/aromatic N) is 3. The van der Waals surface area contributed by atoms with Crippen LogP contribution in [0.1, 0.15) is 12.0 Å². The summed E-state index contributed by atoms with van der Waals surface area (Å²) in [6.45, 7) is 0. The van der Waals surface area contributed by atoms with Crippen LogP contribution in [0.2, 0.25) is 0 Å². The maximum atomic E-state index is 11.1. The summed E-state index contributed by atoms with van der Waals surface area (Å²) in [5, 5.41) is 3.29. The SMILES string of the molecule is COC(=O)CCSCc1cccc(Nc2ccc3nccnc3n2)c1. The van der Waals surface area contributed by atoms with E-state index in [0.29, 0.717) is 12.1 Å². The molecule has 6 nitrogen and oxygen atoms in total. The Balaban J connectivity index is 1.61. The number of carbonyl (C=O) groups excluding carboxylic acids is 1. The fourth-order valence-electron chi connectivity index (χ4n) is 2.26. The minimum atomic E-state index is -0.173. The average molecular weight is 354 g/mol. The molecule has 1 aromatic carbocycles. The van der Waals surface area contributed by atoms with Crippen molar-refractivity contribution in [3.05, 3.63) is 54.4 Å². The molecule has 0 atom stereocenters. The van der Waals surface area contributed by atoms with Crippen LogP contribution in [0.4, 0.5) is 11.5 Å². The van der Waals surface area contributed by atoms with Crippen molar-refractivity contribution in [2.45, 2.75) is 12.2 Å². The summed E-state index contributed by atoms with van der Waals surface area (Å²) in [6.07, 6.45) is 3.71. The highest BCUT2D eigenvalue weighted by Crippen LogP contribution is 2.20. The third-order valence-corrected chi connectivity index (χ3v) is 4.51. The van der Waals surface area contributed by atoms with Gasteiger partial charge < -0.3 is 10.1 Å². The molecule has 128 valence electrons. The first kappa shape index (κ1) is 17.2. The second-order valence-corrected chi connectivity index (χ2v) is 6.40. The number of thioether (sulfide) groups is 1. The zero-order valence-corrected chi connectivity index (χ0v) is 14.6. The molecule has 0 aliphatic carbocycles. The summed E-state index contributed by atoms with van der Waals surface area (Å²) in [4.78, 5) is 24.0. The monoisotopic (exact) mass is 354 g/mol. The zero-order valence-electron chi connectivity index (χ0n) is 13.8. The molecule has 0 spiro atoms. The van der Waals surface area contributed by atoms with Gasteiger partial charge in [-0.05, 0) is 29.8 Å². The van der Waals surface area contributed by atoms with Gasteiger partial charge in [-0.1, -0.05) is 12.1 Å². The predicted molar refractivity (Wildman–Crippen MR) is 99.9 cm³/mol. The molecule has 0 aliphatic heterocycles. The van der Waals surface area contributed by atoms with Crippen LogP contribution in [-0.4, -0.2) is 33.8 Å². The Morgan fingerprint density at radius 3 is 2.96 bits per heavy atom. The van der Waals surface area contributed by atoms with Gasteiger partial charge in [0.25, 0.3) is 0 Å². The number of carbonyl (C=O) groups is 1. The van der Waals surface area contributed by atoms with Crippen molar-refractivity contribution in [2.24, 2.45) is 0 Å². The van der Waals surface area contributed by atoms with E-state index in [1.807, 2.05) is 24.3 Å². The van der Waals surface area contributed by atoms with E-state index in [1.165, 1.54) is 12.7 Å². The first-order valence-electron chi connectivity index (χ1n) is 7.83. The van der Waals surface area contributed by atoms with Crippen molar-refractivity contribution in [1.82, 2.24) is 15.0 Å². The van der Waals surface area contributed by atoms with Gasteiger partial charge in [-0.15, -0.1) is 0 Å². The molecule has 0 saturated carbocycles. The highest BCUT2D eigenvalue weighted by molar-refractivity contribution is 7.98. The van der Waals surface area contributed by atoms with Crippen LogP contribution in [0.3, 0.4) is 0 Å². The Kier molecular flexibility index (Phi) is 5.79. The molecule has 2 heterocycles. The standard InChI is InChI=1S/C18H18N4O2S/c1-24-17(23)7-10-25-12-13-3-2-4-14(11-13)21-16-6-5-15-18(22-16)20-9-8-19-15/h2-6,8-9,11H,7,10,12H2,1H3,(H,20,21,22). The Hall–Kier alpha value is -2.67. The van der Waals surface area contributed by atoms with Gasteiger partial charge in [0.1, 0.15) is 11.3 Å². The van der Waals surface area contributed by atoms with Crippen LogP contribution in [-0.2, 0) is 15.3 Å². The summed E-state index contributed by atoms with van der Waals surface area (Å²) < 4.78 is 4.64. The van der Waals surface area contributed by atoms with Gasteiger partial charge in [0.05, 0.1) is 13.5 Å². The molecule has 3 rings (SSSR count). The van der Waals surface area contributed by atoms with Crippen molar-refractivity contribution >= 4 is 40.4 Å². The molecule has 1 N–H and O–H groups in total. The Bertz CT molecular complexity index is 872. The normalized spacial score (nSPS) is 10.6. The lowest BCUT2D eigenvalue weighted by Crippen LogP contribution is -2.01. The maximum absolute atomic E-state index is 11.1. The molecule has 3 aromatic rings. The molecule has 0 saturated heterocycles. The molecule has 2 aromatic heterocycles. The molecule has 0 radical (unpaired) electrons. The highest BCUT2D eigenvalue weighted by atomic mass is 32.2. The van der Waals surface area contributed by atoms with E-state index in [0.717, 1.165) is 28.5 Å². The number of hydrogen-bond acceptors (Lipinski definition) is 7. The third-order valence-electron chi connectivity index (χ3n) is 3.48. The van der Waals surface area contributed by atoms with Crippen molar-refractivity contribution in [2.75, 3.05) is 18.2 Å². The van der Waals surface area contributed by atoms with Crippen LogP contribution >= 0.6 is 11.8 Å². The largest absolute Gasteiger partial charge is 0.469 e. The van der Waals surface area contributed by atoms with Gasteiger partial charge in [0.15, 0.2) is 5.65 Å². The molecule has 0 fully saturated rings. The molecule has 0 bridgehead atoms. The van der Waals surface area contributed by atoms with E-state index < -0.39 is 0 Å². The Labute approximate surface area is 150 Å². The van der Waals surface area contributed by atoms with Crippen molar-refractivity contribution in [1.29, 1.82) is 0 Å². The molecule has 0 unspecified atom stereocenters. The fourth-order valence-corrected chi connectivity index (χ4v) is 3.13. The number of pyridine rings is 1. The lowest BCUT2D eigenvalue weighted by atomic mass is 10.2. The first-order chi connectivity index (χ1) is 12.2. The van der Waals surface area contributed by atoms with Crippen LogP contribution < -0.4 is 5.32 Å². The predicted octanol–water partition coefficient (Wildman–Crippen LogP) is 3.56. The second kappa shape index (κ2) is 8.43. The minimum Gasteiger partial charge on any atom is -0.469 e. The number of aromatic nitrogens is 3. The van der Waals surface area contributed by atoms with Crippen LogP contribution in [0.25, 0.3) is 11.2 Å². The summed E-state index contributed by atoms with van der Waals surface area (Å²) in [5.41, 5.74) is 3.52. The second-order valence-electron chi connectivity index (χ2n) is 5.30. The fraction of sp³-hybridized carbons (Fsp3) is 0.222. The summed E-state index contributed by atoms with van der Waals surface area (Å²) in [5.74, 6) is 2.13. The van der Waals surface area contributed by atoms with Gasteiger partial charge in [-0.25, -0.2) is 9.97 Å². The Morgan fingerprint density at radius 2 is 2.08 bits per heavy atom. The van der Waals surface area contributed by atoms with Crippen molar-refractivity contribution in [3.8, 4) is 0 Å². The van der Waals surface area contributed by atoms with E-state index in [1.54, 1.807) is 24.2 Å². The maximum Gasteiger partial charge on any atom is 0.306 e. The first-order valence-corrected chi connectivity index (χ1v) is 8.98. The van der Waals surface area contributed by atoms with Crippen molar-refractivity contribution in [3.63, 3.8) is 0 Å². The van der Waals surface area contributed by atoms with Gasteiger partial charge in [0, 0.05) is 29.6 Å². The lowest BCUT2D eigenvalue weighted by Gasteiger charge is -2.08. The zero-order chi connectivity index (χ0) is 17.5. The number of esters is 1. The molecule has 7 heteroatoms. The Morgan fingerprint density at radius 1 is 1.20 bits per heavy atom. The number of fused-ring (bicyclic) bond motifs is 1. The lowest BCUT2D eigenvalue weighted by molar-refractivity contribution is -0.140. The highest BCUT2D eigenvalue weighted by Gasteiger charge is 2.03. The molecular weight excluding hydrogens is 336 g/mol. The average Bonchev–Trinajstić information content (AvgIpc) is 2.65. The molecular formula is C18H18N4O2S. The third kappa shape index (κ3) is 4.90. The van der Waals surface area contributed by atoms with Crippen LogP contribution in [0, 0.1) is 0 Å². The molecule has 25 heavy (non-hydrogen) atoms. The number of methoxy groups -OCH3 is 1. The minimum absolute atomic E-state index is 0.173. The summed E-state index contributed by atoms with van der Waals surface area (Å²) in [7, 11) is 1.41. The molecule has 0 amide bonds. The van der Waals surface area contributed by atoms with Crippen LogP contribution in [0.15, 0.2) is 48.8 Å². The van der Waals surface area contributed by atoms with E-state index >= 15 is 0 Å². The number of rotatable bonds is 7. The van der Waals surface area contributed by atoms with E-state index in [-0.39, 0.29) is 5.97 Å². The number of nitrogens with one attached hydrogen (secondary N) is 1. The van der Waals surface area contributed by atoms with Gasteiger partial charge in [-0.3, -0.25) is 9.78 Å². The van der Waals surface area contributed by atoms with Gasteiger partial charge >= 0.3 is 5.97 Å². The van der Waals surface area contributed by atoms with Crippen molar-refractivity contribution < 1.29 is 9.53 Å². The number of hydrogen-bond donors (Lipinski definition) is 1. The van der Waals surface area contributed by atoms with Gasteiger partial charge in [0.2, 0.25) is 0 Å². The van der Waals surface area contributed by atoms with Crippen LogP contribution in [0.5, 0.6) is 0 Å². The topological polar surface area (TPSA) is 77.0 Å². The van der Waals surface area contributed by atoms with E-state index in [2.05, 4.69) is 37.1 Å². The molecule has 0 aliphatic rings. The smallest absolute Gasteiger partial charge is 0.306 e. The quantitative estimate of drug-likeness (QED) is 0.513. The van der Waals surface area contributed by atoms with E-state index in [4.69, 9.17) is 0 Å². The summed E-state index contributed by atoms with van der Waals surface area (Å²) >= 11 is 1.70.